The van der Waals surface area contributed by atoms with Crippen molar-refractivity contribution in [3.8, 4) is 0 Å². The summed E-state index contributed by atoms with van der Waals surface area (Å²) >= 11 is 0. The number of carbonyl (C=O) groups excluding carboxylic acids is 1. The van der Waals surface area contributed by atoms with Crippen LogP contribution in [0, 0.1) is 6.92 Å². The van der Waals surface area contributed by atoms with Crippen molar-refractivity contribution >= 4 is 18.3 Å². The van der Waals surface area contributed by atoms with Crippen LogP contribution in [-0.2, 0) is 11.2 Å². The molecule has 108 valence electrons. The molecule has 1 unspecified atom stereocenters. The molecular formula is C15H25ClN2O. The number of carbonyl (C=O) groups is 1. The van der Waals surface area contributed by atoms with Crippen LogP contribution in [0.1, 0.15) is 37.8 Å². The Morgan fingerprint density at radius 2 is 2.00 bits per heavy atom. The highest BCUT2D eigenvalue weighted by Crippen LogP contribution is 2.09. The molecule has 0 heterocycles. The van der Waals surface area contributed by atoms with Crippen molar-refractivity contribution in [3.63, 3.8) is 0 Å². The summed E-state index contributed by atoms with van der Waals surface area (Å²) < 4.78 is 0. The van der Waals surface area contributed by atoms with Crippen molar-refractivity contribution in [3.05, 3.63) is 35.4 Å². The molecule has 3 N–H and O–H groups in total. The molecule has 0 fully saturated rings. The van der Waals surface area contributed by atoms with Crippen LogP contribution in [0.2, 0.25) is 0 Å². The number of aryl methyl sites for hydroxylation is 1. The Morgan fingerprint density at radius 3 is 2.58 bits per heavy atom. The lowest BCUT2D eigenvalue weighted by Gasteiger charge is -2.22. The molecule has 0 saturated carbocycles. The van der Waals surface area contributed by atoms with Crippen molar-refractivity contribution in [2.75, 3.05) is 6.54 Å². The fraction of sp³-hybridized carbons (Fsp3) is 0.533. The monoisotopic (exact) mass is 284 g/mol. The summed E-state index contributed by atoms with van der Waals surface area (Å²) in [7, 11) is 0. The maximum absolute atomic E-state index is 11.9. The third kappa shape index (κ3) is 5.62. The molecule has 0 aliphatic heterocycles. The number of amides is 1. The number of halogens is 1. The normalized spacial score (nSPS) is 13.3. The summed E-state index contributed by atoms with van der Waals surface area (Å²) in [4.78, 5) is 11.9. The van der Waals surface area contributed by atoms with Gasteiger partial charge in [0.15, 0.2) is 0 Å². The first-order chi connectivity index (χ1) is 8.47. The first-order valence-electron chi connectivity index (χ1n) is 6.59. The molecule has 0 saturated heterocycles. The molecular weight excluding hydrogens is 260 g/mol. The quantitative estimate of drug-likeness (QED) is 0.844. The number of benzene rings is 1. The van der Waals surface area contributed by atoms with Gasteiger partial charge < -0.3 is 11.1 Å². The van der Waals surface area contributed by atoms with E-state index in [1.165, 1.54) is 11.1 Å². The van der Waals surface area contributed by atoms with Crippen LogP contribution in [0.3, 0.4) is 0 Å². The molecule has 0 aliphatic rings. The first kappa shape index (κ1) is 17.9. The van der Waals surface area contributed by atoms with Crippen molar-refractivity contribution in [2.45, 2.75) is 45.6 Å². The standard InChI is InChI=1S/C15H24N2O.ClH/c1-4-10-15(3,16)14(18)17-11-9-13-8-6-5-7-12(13)2;/h5-8H,4,9-11,16H2,1-3H3,(H,17,18);1H. The zero-order chi connectivity index (χ0) is 13.6. The molecule has 1 rings (SSSR count). The summed E-state index contributed by atoms with van der Waals surface area (Å²) in [5.74, 6) is -0.0575. The van der Waals surface area contributed by atoms with E-state index in [4.69, 9.17) is 5.73 Å². The second-order valence-corrected chi connectivity index (χ2v) is 5.10. The van der Waals surface area contributed by atoms with Crippen LogP contribution in [-0.4, -0.2) is 18.0 Å². The number of nitrogens with two attached hydrogens (primary N) is 1. The van der Waals surface area contributed by atoms with Crippen LogP contribution in [0.15, 0.2) is 24.3 Å². The van der Waals surface area contributed by atoms with Crippen LogP contribution >= 0.6 is 12.4 Å². The van der Waals surface area contributed by atoms with Gasteiger partial charge in [-0.1, -0.05) is 37.6 Å². The minimum absolute atomic E-state index is 0. The van der Waals surface area contributed by atoms with E-state index in [9.17, 15) is 4.79 Å². The van der Waals surface area contributed by atoms with Crippen LogP contribution in [0.25, 0.3) is 0 Å². The van der Waals surface area contributed by atoms with Crippen molar-refractivity contribution in [2.24, 2.45) is 5.73 Å². The highest BCUT2D eigenvalue weighted by molar-refractivity contribution is 5.85. The largest absolute Gasteiger partial charge is 0.354 e. The van der Waals surface area contributed by atoms with Gasteiger partial charge in [-0.3, -0.25) is 4.79 Å². The second kappa shape index (κ2) is 8.18. The van der Waals surface area contributed by atoms with Gasteiger partial charge in [0.25, 0.3) is 0 Å². The van der Waals surface area contributed by atoms with E-state index in [0.29, 0.717) is 13.0 Å². The number of nitrogens with one attached hydrogen (secondary N) is 1. The van der Waals surface area contributed by atoms with Crippen molar-refractivity contribution < 1.29 is 4.79 Å². The van der Waals surface area contributed by atoms with Crippen LogP contribution < -0.4 is 11.1 Å². The lowest BCUT2D eigenvalue weighted by Crippen LogP contribution is -2.51. The van der Waals surface area contributed by atoms with E-state index in [-0.39, 0.29) is 18.3 Å². The van der Waals surface area contributed by atoms with Gasteiger partial charge in [0, 0.05) is 6.54 Å². The minimum Gasteiger partial charge on any atom is -0.354 e. The summed E-state index contributed by atoms with van der Waals surface area (Å²) in [5, 5.41) is 2.92. The zero-order valence-electron chi connectivity index (χ0n) is 12.0. The number of hydrogen-bond acceptors (Lipinski definition) is 2. The topological polar surface area (TPSA) is 55.1 Å². The molecule has 1 atom stereocenters. The second-order valence-electron chi connectivity index (χ2n) is 5.10. The molecule has 1 aromatic rings. The summed E-state index contributed by atoms with van der Waals surface area (Å²) in [6.45, 7) is 6.55. The molecule has 4 heteroatoms. The molecule has 19 heavy (non-hydrogen) atoms. The summed E-state index contributed by atoms with van der Waals surface area (Å²) in [6.07, 6.45) is 2.47. The van der Waals surface area contributed by atoms with E-state index in [2.05, 4.69) is 24.4 Å². The lowest BCUT2D eigenvalue weighted by molar-refractivity contribution is -0.126. The Morgan fingerprint density at radius 1 is 1.37 bits per heavy atom. The summed E-state index contributed by atoms with van der Waals surface area (Å²) in [5.41, 5.74) is 7.75. The Balaban J connectivity index is 0.00000324. The molecule has 0 radical (unpaired) electrons. The molecule has 0 aliphatic carbocycles. The minimum atomic E-state index is -0.750. The van der Waals surface area contributed by atoms with E-state index in [1.54, 1.807) is 6.92 Å². The SMILES string of the molecule is CCCC(C)(N)C(=O)NCCc1ccccc1C.Cl. The van der Waals surface area contributed by atoms with Gasteiger partial charge in [-0.05, 0) is 37.8 Å². The zero-order valence-corrected chi connectivity index (χ0v) is 12.8. The Hall–Kier alpha value is -1.06. The fourth-order valence-corrected chi connectivity index (χ4v) is 2.04. The fourth-order valence-electron chi connectivity index (χ4n) is 2.04. The average molecular weight is 285 g/mol. The lowest BCUT2D eigenvalue weighted by atomic mass is 9.96. The molecule has 0 aromatic heterocycles. The van der Waals surface area contributed by atoms with Crippen molar-refractivity contribution in [1.82, 2.24) is 5.32 Å². The molecule has 1 aromatic carbocycles. The smallest absolute Gasteiger partial charge is 0.239 e. The number of rotatable bonds is 6. The van der Waals surface area contributed by atoms with Gasteiger partial charge in [-0.2, -0.15) is 0 Å². The van der Waals surface area contributed by atoms with Gasteiger partial charge in [0.2, 0.25) is 5.91 Å². The van der Waals surface area contributed by atoms with Gasteiger partial charge in [-0.25, -0.2) is 0 Å². The van der Waals surface area contributed by atoms with Gasteiger partial charge in [0.1, 0.15) is 0 Å². The van der Waals surface area contributed by atoms with Gasteiger partial charge in [0.05, 0.1) is 5.54 Å². The van der Waals surface area contributed by atoms with E-state index >= 15 is 0 Å². The Labute approximate surface area is 122 Å². The van der Waals surface area contributed by atoms with E-state index in [0.717, 1.165) is 12.8 Å². The molecule has 3 nitrogen and oxygen atoms in total. The van der Waals surface area contributed by atoms with E-state index in [1.807, 2.05) is 19.1 Å². The van der Waals surface area contributed by atoms with Crippen LogP contribution in [0.5, 0.6) is 0 Å². The molecule has 1 amide bonds. The summed E-state index contributed by atoms with van der Waals surface area (Å²) in [6, 6.07) is 8.22. The van der Waals surface area contributed by atoms with Crippen molar-refractivity contribution in [1.29, 1.82) is 0 Å². The van der Waals surface area contributed by atoms with Crippen LogP contribution in [0.4, 0.5) is 0 Å². The third-order valence-corrected chi connectivity index (χ3v) is 3.23. The predicted molar refractivity (Wildman–Crippen MR) is 82.6 cm³/mol. The molecule has 0 bridgehead atoms. The maximum atomic E-state index is 11.9. The first-order valence-corrected chi connectivity index (χ1v) is 6.59. The van der Waals surface area contributed by atoms with Gasteiger partial charge in [-0.15, -0.1) is 12.4 Å². The Kier molecular flexibility index (Phi) is 7.72. The molecule has 0 spiro atoms. The highest BCUT2D eigenvalue weighted by atomic mass is 35.5. The maximum Gasteiger partial charge on any atom is 0.239 e. The number of hydrogen-bond donors (Lipinski definition) is 2. The predicted octanol–water partition coefficient (Wildman–Crippen LogP) is 2.59. The highest BCUT2D eigenvalue weighted by Gasteiger charge is 2.26. The van der Waals surface area contributed by atoms with E-state index < -0.39 is 5.54 Å². The van der Waals surface area contributed by atoms with Gasteiger partial charge >= 0.3 is 0 Å². The third-order valence-electron chi connectivity index (χ3n) is 3.23. The Bertz CT molecular complexity index is 405. The average Bonchev–Trinajstić information content (AvgIpc) is 2.31.